The minimum atomic E-state index is -0.935. The third-order valence-corrected chi connectivity index (χ3v) is 2.45. The van der Waals surface area contributed by atoms with E-state index in [4.69, 9.17) is 40.1 Å². The summed E-state index contributed by atoms with van der Waals surface area (Å²) in [6.45, 7) is 17.9. The molecule has 196 valence electrons. The van der Waals surface area contributed by atoms with Crippen LogP contribution in [0.1, 0.15) is 40.5 Å². The molecule has 0 bridgehead atoms. The highest BCUT2D eigenvalue weighted by Gasteiger charge is 1.91. The normalized spacial score (nSPS) is 8.45. The number of carbonyl (C=O) groups is 3. The first-order valence-electron chi connectivity index (χ1n) is 9.90. The lowest BCUT2D eigenvalue weighted by molar-refractivity contribution is -0.133. The van der Waals surface area contributed by atoms with Gasteiger partial charge in [0.15, 0.2) is 0 Å². The molecule has 0 rings (SSSR count). The van der Waals surface area contributed by atoms with Crippen LogP contribution in [-0.4, -0.2) is 94.8 Å². The number of aliphatic hydroxyl groups excluding tert-OH is 3. The van der Waals surface area contributed by atoms with Gasteiger partial charge in [-0.3, -0.25) is 0 Å². The Bertz CT molecular complexity index is 425. The van der Waals surface area contributed by atoms with Crippen LogP contribution in [-0.2, 0) is 23.9 Å². The first-order valence-corrected chi connectivity index (χ1v) is 9.90. The molecule has 0 spiro atoms. The quantitative estimate of drug-likeness (QED) is 0.175. The van der Waals surface area contributed by atoms with Crippen LogP contribution >= 0.6 is 0 Å². The maximum Gasteiger partial charge on any atom is 0.330 e. The van der Waals surface area contributed by atoms with Crippen LogP contribution in [0.4, 0.5) is 0 Å². The zero-order chi connectivity index (χ0) is 27.2. The number of ether oxygens (including phenoxy) is 2. The standard InChI is InChI=1S/C6H14O4.3C4H6O2.C4H10O/c7-1-3-9-5-6-10-4-2-8;3*1-3(2)4(5)6;1-2-3-4-5/h7-8H,1-6H2;3*1H2,2H3,(H,5,6);5H,2-4H2,1H3. The van der Waals surface area contributed by atoms with Gasteiger partial charge in [0.25, 0.3) is 0 Å². The number of aliphatic carboxylic acids is 3. The molecule has 0 saturated carbocycles. The van der Waals surface area contributed by atoms with Crippen molar-refractivity contribution < 1.29 is 54.5 Å². The van der Waals surface area contributed by atoms with E-state index < -0.39 is 17.9 Å². The summed E-state index contributed by atoms with van der Waals surface area (Å²) in [7, 11) is 0. The van der Waals surface area contributed by atoms with Crippen molar-refractivity contribution in [3.8, 4) is 0 Å². The van der Waals surface area contributed by atoms with Gasteiger partial charge in [0.1, 0.15) is 0 Å². The molecule has 0 atom stereocenters. The van der Waals surface area contributed by atoms with Crippen LogP contribution in [0.5, 0.6) is 0 Å². The van der Waals surface area contributed by atoms with Crippen molar-refractivity contribution in [3.05, 3.63) is 36.5 Å². The van der Waals surface area contributed by atoms with Crippen LogP contribution in [0.2, 0.25) is 0 Å². The zero-order valence-electron chi connectivity index (χ0n) is 20.2. The highest BCUT2D eigenvalue weighted by atomic mass is 16.5. The van der Waals surface area contributed by atoms with Gasteiger partial charge in [0.2, 0.25) is 0 Å². The van der Waals surface area contributed by atoms with Gasteiger partial charge in [-0.1, -0.05) is 33.1 Å². The molecule has 0 heterocycles. The summed E-state index contributed by atoms with van der Waals surface area (Å²) in [6, 6.07) is 0. The molecule has 0 unspecified atom stereocenters. The van der Waals surface area contributed by atoms with Gasteiger partial charge in [0, 0.05) is 23.3 Å². The van der Waals surface area contributed by atoms with Crippen LogP contribution in [0.25, 0.3) is 0 Å². The van der Waals surface area contributed by atoms with Gasteiger partial charge in [-0.2, -0.15) is 0 Å². The summed E-state index contributed by atoms with van der Waals surface area (Å²) in [5.41, 5.74) is 0.528. The number of hydrogen-bond donors (Lipinski definition) is 6. The minimum Gasteiger partial charge on any atom is -0.478 e. The molecule has 0 aromatic carbocycles. The highest BCUT2D eigenvalue weighted by molar-refractivity contribution is 5.85. The smallest absolute Gasteiger partial charge is 0.330 e. The Morgan fingerprint density at radius 2 is 0.848 bits per heavy atom. The summed E-state index contributed by atoms with van der Waals surface area (Å²) in [5, 5.41) is 48.3. The van der Waals surface area contributed by atoms with E-state index in [0.717, 1.165) is 12.8 Å². The van der Waals surface area contributed by atoms with Crippen molar-refractivity contribution >= 4 is 17.9 Å². The molecule has 11 heteroatoms. The average Bonchev–Trinajstić information content (AvgIpc) is 2.73. The second-order valence-corrected chi connectivity index (χ2v) is 6.01. The highest BCUT2D eigenvalue weighted by Crippen LogP contribution is 1.82. The third kappa shape index (κ3) is 65.2. The van der Waals surface area contributed by atoms with E-state index in [1.54, 1.807) is 0 Å². The predicted octanol–water partition coefficient (Wildman–Crippen LogP) is 1.72. The number of rotatable bonds is 12. The number of unbranched alkanes of at least 4 members (excludes halogenated alkanes) is 1. The molecule has 0 aliphatic rings. The average molecular weight is 483 g/mol. The second kappa shape index (κ2) is 34.1. The lowest BCUT2D eigenvalue weighted by atomic mass is 10.4. The molecule has 0 aliphatic heterocycles. The molecule has 0 amide bonds. The van der Waals surface area contributed by atoms with Crippen LogP contribution in [0, 0.1) is 0 Å². The van der Waals surface area contributed by atoms with Crippen molar-refractivity contribution in [1.82, 2.24) is 0 Å². The number of carboxylic acids is 3. The molecule has 0 fully saturated rings. The molecule has 0 radical (unpaired) electrons. The van der Waals surface area contributed by atoms with Crippen molar-refractivity contribution in [3.63, 3.8) is 0 Å². The first kappa shape index (κ1) is 40.8. The molecule has 33 heavy (non-hydrogen) atoms. The Kier molecular flexibility index (Phi) is 42.1. The summed E-state index contributed by atoms with van der Waals surface area (Å²) >= 11 is 0. The first-order chi connectivity index (χ1) is 15.3. The molecule has 6 N–H and O–H groups in total. The third-order valence-electron chi connectivity index (χ3n) is 2.45. The number of hydrogen-bond acceptors (Lipinski definition) is 8. The van der Waals surface area contributed by atoms with Crippen molar-refractivity contribution in [2.24, 2.45) is 0 Å². The fourth-order valence-corrected chi connectivity index (χ4v) is 0.609. The monoisotopic (exact) mass is 482 g/mol. The fourth-order valence-electron chi connectivity index (χ4n) is 0.609. The molecule has 0 aliphatic carbocycles. The van der Waals surface area contributed by atoms with E-state index >= 15 is 0 Å². The molecular weight excluding hydrogens is 440 g/mol. The molecular formula is C22H42O11. The summed E-state index contributed by atoms with van der Waals surface area (Å²) in [5.74, 6) is -2.81. The van der Waals surface area contributed by atoms with E-state index in [2.05, 4.69) is 26.7 Å². The Morgan fingerprint density at radius 3 is 0.939 bits per heavy atom. The summed E-state index contributed by atoms with van der Waals surface area (Å²) in [6.07, 6.45) is 2.04. The molecule has 0 saturated heterocycles. The summed E-state index contributed by atoms with van der Waals surface area (Å²) < 4.78 is 9.75. The number of aliphatic hydroxyl groups is 3. The maximum atomic E-state index is 9.60. The molecule has 11 nitrogen and oxygen atoms in total. The van der Waals surface area contributed by atoms with Gasteiger partial charge < -0.3 is 40.1 Å². The van der Waals surface area contributed by atoms with E-state index in [0.29, 0.717) is 33.0 Å². The second-order valence-electron chi connectivity index (χ2n) is 6.01. The van der Waals surface area contributed by atoms with Crippen LogP contribution in [0.3, 0.4) is 0 Å². The predicted molar refractivity (Wildman–Crippen MR) is 125 cm³/mol. The minimum absolute atomic E-state index is 0.0417. The van der Waals surface area contributed by atoms with Crippen LogP contribution in [0.15, 0.2) is 36.5 Å². The Balaban J connectivity index is -0.000000102. The Labute approximate surface area is 196 Å². The lowest BCUT2D eigenvalue weighted by Gasteiger charge is -2.01. The van der Waals surface area contributed by atoms with Gasteiger partial charge >= 0.3 is 17.9 Å². The van der Waals surface area contributed by atoms with Gasteiger partial charge in [-0.15, -0.1) is 0 Å². The van der Waals surface area contributed by atoms with Crippen LogP contribution < -0.4 is 0 Å². The van der Waals surface area contributed by atoms with Gasteiger partial charge in [0.05, 0.1) is 39.6 Å². The van der Waals surface area contributed by atoms with Crippen molar-refractivity contribution in [2.45, 2.75) is 40.5 Å². The van der Waals surface area contributed by atoms with Gasteiger partial charge in [-0.05, 0) is 27.2 Å². The van der Waals surface area contributed by atoms with E-state index in [1.807, 2.05) is 0 Å². The maximum absolute atomic E-state index is 9.60. The SMILES string of the molecule is C=C(C)C(=O)O.C=C(C)C(=O)O.C=C(C)C(=O)O.CCCCO.OCCOCCOCCO. The van der Waals surface area contributed by atoms with Crippen molar-refractivity contribution in [1.29, 1.82) is 0 Å². The molecule has 0 aromatic heterocycles. The topological polar surface area (TPSA) is 191 Å². The van der Waals surface area contributed by atoms with E-state index in [-0.39, 0.29) is 29.9 Å². The number of carboxylic acid groups (broad SMARTS) is 3. The summed E-state index contributed by atoms with van der Waals surface area (Å²) in [4.78, 5) is 28.8. The Morgan fingerprint density at radius 1 is 0.606 bits per heavy atom. The van der Waals surface area contributed by atoms with E-state index in [1.165, 1.54) is 20.8 Å². The van der Waals surface area contributed by atoms with E-state index in [9.17, 15) is 14.4 Å². The van der Waals surface area contributed by atoms with Gasteiger partial charge in [-0.25, -0.2) is 14.4 Å². The lowest BCUT2D eigenvalue weighted by Crippen LogP contribution is -2.09. The van der Waals surface area contributed by atoms with Crippen molar-refractivity contribution in [2.75, 3.05) is 46.2 Å². The zero-order valence-corrected chi connectivity index (χ0v) is 20.2. The molecule has 0 aromatic rings. The fraction of sp³-hybridized carbons (Fsp3) is 0.591. The Hall–Kier alpha value is -2.57. The largest absolute Gasteiger partial charge is 0.478 e.